The van der Waals surface area contributed by atoms with Gasteiger partial charge in [0.25, 0.3) is 5.91 Å². The van der Waals surface area contributed by atoms with E-state index in [1.165, 1.54) is 13.0 Å². The minimum Gasteiger partial charge on any atom is -0.449 e. The minimum absolute atomic E-state index is 0.308. The van der Waals surface area contributed by atoms with E-state index in [2.05, 4.69) is 21.2 Å². The van der Waals surface area contributed by atoms with E-state index in [0.717, 1.165) is 0 Å². The van der Waals surface area contributed by atoms with E-state index < -0.39 is 12.1 Å². The summed E-state index contributed by atoms with van der Waals surface area (Å²) in [5.41, 5.74) is 6.45. The smallest absolute Gasteiger partial charge is 0.338 e. The summed E-state index contributed by atoms with van der Waals surface area (Å²) < 4.78 is 5.81. The second kappa shape index (κ2) is 7.28. The largest absolute Gasteiger partial charge is 0.449 e. The molecule has 0 radical (unpaired) electrons. The number of anilines is 1. The van der Waals surface area contributed by atoms with E-state index in [1.54, 1.807) is 12.1 Å². The molecule has 0 saturated heterocycles. The summed E-state index contributed by atoms with van der Waals surface area (Å²) in [7, 11) is 0. The van der Waals surface area contributed by atoms with Gasteiger partial charge >= 0.3 is 5.97 Å². The van der Waals surface area contributed by atoms with Gasteiger partial charge in [-0.05, 0) is 47.0 Å². The van der Waals surface area contributed by atoms with Crippen molar-refractivity contribution in [2.24, 2.45) is 5.92 Å². The Morgan fingerprint density at radius 1 is 1.35 bits per heavy atom. The summed E-state index contributed by atoms with van der Waals surface area (Å²) in [4.78, 5) is 23.6. The van der Waals surface area contributed by atoms with Crippen LogP contribution in [-0.2, 0) is 9.53 Å². The lowest BCUT2D eigenvalue weighted by Gasteiger charge is -2.14. The quantitative estimate of drug-likeness (QED) is 0.635. The van der Waals surface area contributed by atoms with Gasteiger partial charge in [0.05, 0.1) is 5.56 Å². The number of hydrogen-bond acceptors (Lipinski definition) is 4. The molecule has 1 rings (SSSR count). The summed E-state index contributed by atoms with van der Waals surface area (Å²) >= 11 is 3.25. The molecule has 20 heavy (non-hydrogen) atoms. The van der Waals surface area contributed by atoms with E-state index in [1.807, 2.05) is 13.8 Å². The molecule has 0 aliphatic carbocycles. The number of ether oxygens (including phenoxy) is 1. The summed E-state index contributed by atoms with van der Waals surface area (Å²) in [6, 6.07) is 4.75. The molecule has 110 valence electrons. The van der Waals surface area contributed by atoms with E-state index in [0.29, 0.717) is 28.2 Å². The molecular weight excluding hydrogens is 324 g/mol. The van der Waals surface area contributed by atoms with Crippen molar-refractivity contribution < 1.29 is 14.3 Å². The van der Waals surface area contributed by atoms with Gasteiger partial charge in [-0.25, -0.2) is 4.79 Å². The van der Waals surface area contributed by atoms with Crippen LogP contribution in [-0.4, -0.2) is 24.5 Å². The summed E-state index contributed by atoms with van der Waals surface area (Å²) in [5.74, 6) is -0.540. The molecule has 0 spiro atoms. The highest BCUT2D eigenvalue weighted by molar-refractivity contribution is 9.10. The first-order chi connectivity index (χ1) is 9.31. The van der Waals surface area contributed by atoms with Gasteiger partial charge in [0.1, 0.15) is 0 Å². The average molecular weight is 343 g/mol. The van der Waals surface area contributed by atoms with Crippen molar-refractivity contribution in [3.63, 3.8) is 0 Å². The van der Waals surface area contributed by atoms with Gasteiger partial charge in [0, 0.05) is 16.7 Å². The van der Waals surface area contributed by atoms with Crippen molar-refractivity contribution in [1.82, 2.24) is 5.32 Å². The SMILES string of the molecule is CC(C)CNC(=O)C(C)OC(=O)c1ccc(Br)c(N)c1. The zero-order valence-electron chi connectivity index (χ0n) is 11.8. The van der Waals surface area contributed by atoms with Gasteiger partial charge in [-0.1, -0.05) is 13.8 Å². The molecule has 1 atom stereocenters. The molecule has 0 aliphatic heterocycles. The molecule has 1 aromatic rings. The second-order valence-electron chi connectivity index (χ2n) is 4.92. The molecule has 0 heterocycles. The number of nitrogens with one attached hydrogen (secondary N) is 1. The Morgan fingerprint density at radius 3 is 2.55 bits per heavy atom. The molecule has 0 bridgehead atoms. The van der Waals surface area contributed by atoms with Crippen molar-refractivity contribution in [2.45, 2.75) is 26.9 Å². The summed E-state index contributed by atoms with van der Waals surface area (Å²) in [6.07, 6.45) is -0.842. The number of amides is 1. The number of carbonyl (C=O) groups is 2. The molecule has 1 amide bonds. The lowest BCUT2D eigenvalue weighted by molar-refractivity contribution is -0.129. The fourth-order valence-electron chi connectivity index (χ4n) is 1.40. The molecule has 0 aliphatic rings. The molecule has 1 unspecified atom stereocenters. The van der Waals surface area contributed by atoms with Crippen molar-refractivity contribution in [1.29, 1.82) is 0 Å². The predicted octanol–water partition coefficient (Wildman–Crippen LogP) is 2.35. The molecule has 6 heteroatoms. The number of carbonyl (C=O) groups excluding carboxylic acids is 2. The lowest BCUT2D eigenvalue weighted by atomic mass is 10.2. The highest BCUT2D eigenvalue weighted by Crippen LogP contribution is 2.20. The number of nitrogens with two attached hydrogens (primary N) is 1. The fourth-order valence-corrected chi connectivity index (χ4v) is 1.65. The number of benzene rings is 1. The average Bonchev–Trinajstić information content (AvgIpc) is 2.38. The number of nitrogen functional groups attached to an aromatic ring is 1. The summed E-state index contributed by atoms with van der Waals surface area (Å²) in [5, 5.41) is 2.71. The van der Waals surface area contributed by atoms with Gasteiger partial charge in [-0.15, -0.1) is 0 Å². The van der Waals surface area contributed by atoms with Crippen LogP contribution >= 0.6 is 15.9 Å². The van der Waals surface area contributed by atoms with Crippen LogP contribution in [0, 0.1) is 5.92 Å². The maximum absolute atomic E-state index is 11.9. The van der Waals surface area contributed by atoms with Crippen molar-refractivity contribution in [3.8, 4) is 0 Å². The Hall–Kier alpha value is -1.56. The van der Waals surface area contributed by atoms with Crippen LogP contribution in [0.15, 0.2) is 22.7 Å². The van der Waals surface area contributed by atoms with Gasteiger partial charge in [0.2, 0.25) is 0 Å². The van der Waals surface area contributed by atoms with E-state index >= 15 is 0 Å². The highest BCUT2D eigenvalue weighted by Gasteiger charge is 2.19. The van der Waals surface area contributed by atoms with Crippen molar-refractivity contribution in [2.75, 3.05) is 12.3 Å². The molecular formula is C14H19BrN2O3. The second-order valence-corrected chi connectivity index (χ2v) is 5.78. The Labute approximate surface area is 127 Å². The van der Waals surface area contributed by atoms with Gasteiger partial charge in [-0.2, -0.15) is 0 Å². The number of hydrogen-bond donors (Lipinski definition) is 2. The Morgan fingerprint density at radius 2 is 2.00 bits per heavy atom. The third-order valence-corrected chi connectivity index (χ3v) is 3.29. The van der Waals surface area contributed by atoms with E-state index in [9.17, 15) is 9.59 Å². The first kappa shape index (κ1) is 16.5. The Kier molecular flexibility index (Phi) is 6.01. The Balaban J connectivity index is 2.60. The maximum Gasteiger partial charge on any atom is 0.338 e. The molecule has 0 fully saturated rings. The third-order valence-electron chi connectivity index (χ3n) is 2.57. The minimum atomic E-state index is -0.842. The van der Waals surface area contributed by atoms with Crippen LogP contribution < -0.4 is 11.1 Å². The standard InChI is InChI=1S/C14H19BrN2O3/c1-8(2)7-17-13(18)9(3)20-14(19)10-4-5-11(15)12(16)6-10/h4-6,8-9H,7,16H2,1-3H3,(H,17,18). The van der Waals surface area contributed by atoms with Gasteiger partial charge in [0.15, 0.2) is 6.10 Å². The number of esters is 1. The van der Waals surface area contributed by atoms with E-state index in [4.69, 9.17) is 10.5 Å². The van der Waals surface area contributed by atoms with Crippen LogP contribution in [0.3, 0.4) is 0 Å². The van der Waals surface area contributed by atoms with E-state index in [-0.39, 0.29) is 5.91 Å². The predicted molar refractivity (Wildman–Crippen MR) is 81.3 cm³/mol. The molecule has 1 aromatic carbocycles. The maximum atomic E-state index is 11.9. The molecule has 3 N–H and O–H groups in total. The molecule has 5 nitrogen and oxygen atoms in total. The normalized spacial score (nSPS) is 12.1. The first-order valence-electron chi connectivity index (χ1n) is 6.35. The van der Waals surface area contributed by atoms with Crippen molar-refractivity contribution >= 4 is 33.5 Å². The first-order valence-corrected chi connectivity index (χ1v) is 7.14. The molecule has 0 saturated carbocycles. The number of rotatable bonds is 5. The summed E-state index contributed by atoms with van der Waals surface area (Å²) in [6.45, 7) is 6.06. The lowest BCUT2D eigenvalue weighted by Crippen LogP contribution is -2.37. The fraction of sp³-hybridized carbons (Fsp3) is 0.429. The van der Waals surface area contributed by atoms with Gasteiger partial charge in [-0.3, -0.25) is 4.79 Å². The van der Waals surface area contributed by atoms with Crippen LogP contribution in [0.25, 0.3) is 0 Å². The van der Waals surface area contributed by atoms with Gasteiger partial charge < -0.3 is 15.8 Å². The topological polar surface area (TPSA) is 81.4 Å². The van der Waals surface area contributed by atoms with Crippen LogP contribution in [0.1, 0.15) is 31.1 Å². The highest BCUT2D eigenvalue weighted by atomic mass is 79.9. The number of halogens is 1. The van der Waals surface area contributed by atoms with Crippen molar-refractivity contribution in [3.05, 3.63) is 28.2 Å². The zero-order valence-corrected chi connectivity index (χ0v) is 13.4. The van der Waals surface area contributed by atoms with Crippen LogP contribution in [0.5, 0.6) is 0 Å². The Bertz CT molecular complexity index is 503. The van der Waals surface area contributed by atoms with Crippen LogP contribution in [0.2, 0.25) is 0 Å². The van der Waals surface area contributed by atoms with Crippen LogP contribution in [0.4, 0.5) is 5.69 Å². The molecule has 0 aromatic heterocycles. The zero-order chi connectivity index (χ0) is 15.3. The monoisotopic (exact) mass is 342 g/mol. The third kappa shape index (κ3) is 4.85.